The maximum atomic E-state index is 12.3. The van der Waals surface area contributed by atoms with Gasteiger partial charge in [0, 0.05) is 12.5 Å². The summed E-state index contributed by atoms with van der Waals surface area (Å²) in [6.07, 6.45) is 0.821. The van der Waals surface area contributed by atoms with E-state index in [-0.39, 0.29) is 17.9 Å². The minimum absolute atomic E-state index is 0.247. The predicted octanol–water partition coefficient (Wildman–Crippen LogP) is 4.91. The Morgan fingerprint density at radius 3 is 2.47 bits per heavy atom. The molecule has 0 aromatic rings. The normalized spacial score (nSPS) is 24.6. The summed E-state index contributed by atoms with van der Waals surface area (Å²) in [5, 5.41) is 3.49. The molecule has 1 rings (SSSR count). The second-order valence-corrected chi connectivity index (χ2v) is 6.56. The van der Waals surface area contributed by atoms with E-state index in [9.17, 15) is 13.2 Å². The first-order valence-electron chi connectivity index (χ1n) is 7.56. The molecule has 4 heteroatoms. The molecule has 0 aliphatic heterocycles. The van der Waals surface area contributed by atoms with Gasteiger partial charge < -0.3 is 5.32 Å². The van der Waals surface area contributed by atoms with Gasteiger partial charge in [-0.25, -0.2) is 0 Å². The van der Waals surface area contributed by atoms with E-state index in [0.29, 0.717) is 12.3 Å². The highest BCUT2D eigenvalue weighted by Gasteiger charge is 2.39. The molecular weight excluding hydrogens is 251 g/mol. The maximum Gasteiger partial charge on any atom is 0.389 e. The van der Waals surface area contributed by atoms with Gasteiger partial charge in [0.05, 0.1) is 0 Å². The first-order chi connectivity index (χ1) is 8.76. The van der Waals surface area contributed by atoms with Crippen LogP contribution in [0.4, 0.5) is 13.2 Å². The van der Waals surface area contributed by atoms with Crippen molar-refractivity contribution < 1.29 is 13.2 Å². The lowest BCUT2D eigenvalue weighted by Crippen LogP contribution is -2.41. The van der Waals surface area contributed by atoms with Crippen molar-refractivity contribution in [2.75, 3.05) is 6.54 Å². The molecule has 0 radical (unpaired) electrons. The highest BCUT2D eigenvalue weighted by atomic mass is 19.4. The van der Waals surface area contributed by atoms with Crippen molar-refractivity contribution in [3.8, 4) is 0 Å². The van der Waals surface area contributed by atoms with Gasteiger partial charge in [0.25, 0.3) is 0 Å². The van der Waals surface area contributed by atoms with Crippen molar-refractivity contribution in [1.29, 1.82) is 0 Å². The Morgan fingerprint density at radius 2 is 2.00 bits per heavy atom. The smallest absolute Gasteiger partial charge is 0.314 e. The highest BCUT2D eigenvalue weighted by Crippen LogP contribution is 2.45. The van der Waals surface area contributed by atoms with Crippen LogP contribution >= 0.6 is 0 Å². The van der Waals surface area contributed by atoms with Gasteiger partial charge in [0.1, 0.15) is 0 Å². The summed E-state index contributed by atoms with van der Waals surface area (Å²) in [5.41, 5.74) is 0.268. The third kappa shape index (κ3) is 5.72. The molecule has 0 spiro atoms. The van der Waals surface area contributed by atoms with Crippen LogP contribution in [0.5, 0.6) is 0 Å². The van der Waals surface area contributed by atoms with Crippen LogP contribution in [0.25, 0.3) is 0 Å². The van der Waals surface area contributed by atoms with Gasteiger partial charge in [-0.15, -0.1) is 0 Å². The second-order valence-electron chi connectivity index (χ2n) is 6.56. The summed E-state index contributed by atoms with van der Waals surface area (Å²) in [6, 6.07) is 0.250. The Bertz CT molecular complexity index is 261. The topological polar surface area (TPSA) is 12.0 Å². The van der Waals surface area contributed by atoms with Crippen LogP contribution < -0.4 is 5.32 Å². The zero-order valence-electron chi connectivity index (χ0n) is 12.4. The lowest BCUT2D eigenvalue weighted by Gasteiger charge is -2.35. The average Bonchev–Trinajstić information content (AvgIpc) is 2.61. The third-order valence-electron chi connectivity index (χ3n) is 4.46. The van der Waals surface area contributed by atoms with E-state index in [1.165, 1.54) is 12.8 Å². The number of rotatable bonds is 7. The molecular formula is C15H28F3N. The van der Waals surface area contributed by atoms with Gasteiger partial charge in [0.2, 0.25) is 0 Å². The van der Waals surface area contributed by atoms with Crippen LogP contribution in [0, 0.1) is 11.3 Å². The number of nitrogens with one attached hydrogen (secondary N) is 1. The van der Waals surface area contributed by atoms with E-state index in [0.717, 1.165) is 19.4 Å². The van der Waals surface area contributed by atoms with Gasteiger partial charge in [-0.1, -0.05) is 27.2 Å². The van der Waals surface area contributed by atoms with Crippen LogP contribution in [0.3, 0.4) is 0 Å². The van der Waals surface area contributed by atoms with Crippen LogP contribution in [-0.4, -0.2) is 18.8 Å². The molecule has 1 fully saturated rings. The molecule has 2 unspecified atom stereocenters. The molecule has 0 amide bonds. The molecule has 0 bridgehead atoms. The summed E-state index contributed by atoms with van der Waals surface area (Å²) >= 11 is 0. The summed E-state index contributed by atoms with van der Waals surface area (Å²) in [7, 11) is 0. The van der Waals surface area contributed by atoms with Gasteiger partial charge in [-0.05, 0) is 50.0 Å². The fourth-order valence-corrected chi connectivity index (χ4v) is 3.40. The first kappa shape index (κ1) is 16.8. The molecule has 1 N–H and O–H groups in total. The number of hydrogen-bond donors (Lipinski definition) is 1. The lowest BCUT2D eigenvalue weighted by atomic mass is 9.76. The number of hydrogen-bond acceptors (Lipinski definition) is 1. The Hall–Kier alpha value is -0.250. The Kier molecular flexibility index (Phi) is 6.15. The number of alkyl halides is 3. The molecule has 0 heterocycles. The molecule has 0 saturated heterocycles. The van der Waals surface area contributed by atoms with E-state index in [1.807, 2.05) is 0 Å². The third-order valence-corrected chi connectivity index (χ3v) is 4.46. The minimum atomic E-state index is -4.01. The van der Waals surface area contributed by atoms with Gasteiger partial charge >= 0.3 is 6.18 Å². The van der Waals surface area contributed by atoms with Gasteiger partial charge in [-0.3, -0.25) is 0 Å². The largest absolute Gasteiger partial charge is 0.389 e. The summed E-state index contributed by atoms with van der Waals surface area (Å²) in [5.74, 6) is 0.521. The molecule has 0 aromatic carbocycles. The molecule has 1 nitrogen and oxygen atoms in total. The van der Waals surface area contributed by atoms with E-state index in [2.05, 4.69) is 26.1 Å². The Morgan fingerprint density at radius 1 is 1.32 bits per heavy atom. The zero-order valence-corrected chi connectivity index (χ0v) is 12.4. The lowest BCUT2D eigenvalue weighted by molar-refractivity contribution is -0.136. The molecule has 2 atom stereocenters. The van der Waals surface area contributed by atoms with Crippen LogP contribution in [0.2, 0.25) is 0 Å². The molecule has 114 valence electrons. The highest BCUT2D eigenvalue weighted by molar-refractivity contribution is 4.92. The maximum absolute atomic E-state index is 12.3. The molecule has 1 aliphatic rings. The average molecular weight is 279 g/mol. The van der Waals surface area contributed by atoms with Gasteiger partial charge in [-0.2, -0.15) is 13.2 Å². The van der Waals surface area contributed by atoms with Crippen molar-refractivity contribution in [1.82, 2.24) is 5.32 Å². The standard InChI is InChI=1S/C15H28F3N/c1-4-11-19-13(8-6-10-15(16,17)18)12-7-5-9-14(12,2)3/h12-13,19H,4-11H2,1-3H3. The Labute approximate surface area is 115 Å². The van der Waals surface area contributed by atoms with Crippen molar-refractivity contribution >= 4 is 0 Å². The fourth-order valence-electron chi connectivity index (χ4n) is 3.40. The first-order valence-corrected chi connectivity index (χ1v) is 7.56. The van der Waals surface area contributed by atoms with Crippen molar-refractivity contribution in [2.45, 2.75) is 77.9 Å². The van der Waals surface area contributed by atoms with Crippen LogP contribution in [0.15, 0.2) is 0 Å². The SMILES string of the molecule is CCCNC(CCCC(F)(F)F)C1CCCC1(C)C. The van der Waals surface area contributed by atoms with Crippen molar-refractivity contribution in [3.63, 3.8) is 0 Å². The second kappa shape index (κ2) is 6.96. The van der Waals surface area contributed by atoms with E-state index >= 15 is 0 Å². The van der Waals surface area contributed by atoms with E-state index in [1.54, 1.807) is 0 Å². The van der Waals surface area contributed by atoms with E-state index < -0.39 is 12.6 Å². The Balaban J connectivity index is 2.51. The molecule has 0 aromatic heterocycles. The molecule has 1 aliphatic carbocycles. The monoisotopic (exact) mass is 279 g/mol. The summed E-state index contributed by atoms with van der Waals surface area (Å²) in [6.45, 7) is 7.52. The fraction of sp³-hybridized carbons (Fsp3) is 1.00. The van der Waals surface area contributed by atoms with Crippen molar-refractivity contribution in [3.05, 3.63) is 0 Å². The van der Waals surface area contributed by atoms with Gasteiger partial charge in [0.15, 0.2) is 0 Å². The number of halogens is 3. The predicted molar refractivity (Wildman–Crippen MR) is 73.1 cm³/mol. The van der Waals surface area contributed by atoms with Crippen molar-refractivity contribution in [2.24, 2.45) is 11.3 Å². The van der Waals surface area contributed by atoms with Crippen LogP contribution in [-0.2, 0) is 0 Å². The minimum Gasteiger partial charge on any atom is -0.314 e. The zero-order chi connectivity index (χ0) is 14.5. The summed E-state index contributed by atoms with van der Waals surface area (Å²) < 4.78 is 36.8. The molecule has 19 heavy (non-hydrogen) atoms. The van der Waals surface area contributed by atoms with E-state index in [4.69, 9.17) is 0 Å². The summed E-state index contributed by atoms with van der Waals surface area (Å²) in [4.78, 5) is 0. The quantitative estimate of drug-likeness (QED) is 0.698. The molecule has 1 saturated carbocycles. The van der Waals surface area contributed by atoms with Crippen LogP contribution in [0.1, 0.15) is 65.7 Å².